The molecule has 0 aromatic heterocycles. The number of ether oxygens (including phenoxy) is 2. The molecule has 0 spiro atoms. The molecule has 2 amide bonds. The van der Waals surface area contributed by atoms with Crippen LogP contribution in [0.25, 0.3) is 0 Å². The Bertz CT molecular complexity index is 816. The van der Waals surface area contributed by atoms with Crippen molar-refractivity contribution in [3.63, 3.8) is 0 Å². The van der Waals surface area contributed by atoms with Gasteiger partial charge in [0.1, 0.15) is 19.0 Å². The maximum atomic E-state index is 13.5. The number of hydrogen-bond acceptors (Lipinski definition) is 5. The Morgan fingerprint density at radius 2 is 1.73 bits per heavy atom. The Labute approximate surface area is 154 Å². The lowest BCUT2D eigenvalue weighted by Gasteiger charge is -2.18. The first-order valence-corrected chi connectivity index (χ1v) is 8.94. The lowest BCUT2D eigenvalue weighted by molar-refractivity contribution is -0.127. The van der Waals surface area contributed by atoms with Crippen LogP contribution < -0.4 is 20.3 Å². The number of benzene rings is 2. The molecule has 1 heterocycles. The van der Waals surface area contributed by atoms with E-state index in [9.17, 15) is 14.0 Å². The van der Waals surface area contributed by atoms with Crippen LogP contribution in [0.5, 0.6) is 11.5 Å². The van der Waals surface area contributed by atoms with Crippen molar-refractivity contribution < 1.29 is 23.5 Å². The molecule has 136 valence electrons. The van der Waals surface area contributed by atoms with Crippen LogP contribution in [-0.2, 0) is 16.0 Å². The molecule has 0 unspecified atom stereocenters. The highest BCUT2D eigenvalue weighted by Gasteiger charge is 2.13. The van der Waals surface area contributed by atoms with Crippen LogP contribution in [0.3, 0.4) is 0 Å². The third-order valence-corrected chi connectivity index (χ3v) is 4.56. The number of hydrazine groups is 1. The van der Waals surface area contributed by atoms with Gasteiger partial charge in [0, 0.05) is 4.90 Å². The SMILES string of the molecule is O=C(CSc1ccccc1F)NNC(=O)Cc1ccc2c(c1)OCCO2. The molecule has 0 saturated heterocycles. The smallest absolute Gasteiger partial charge is 0.248 e. The zero-order chi connectivity index (χ0) is 18.4. The van der Waals surface area contributed by atoms with Gasteiger partial charge in [-0.1, -0.05) is 18.2 Å². The van der Waals surface area contributed by atoms with Crippen molar-refractivity contribution in [2.24, 2.45) is 0 Å². The van der Waals surface area contributed by atoms with E-state index in [0.717, 1.165) is 17.3 Å². The summed E-state index contributed by atoms with van der Waals surface area (Å²) in [6, 6.07) is 11.5. The van der Waals surface area contributed by atoms with Crippen molar-refractivity contribution in [1.29, 1.82) is 0 Å². The topological polar surface area (TPSA) is 76.7 Å². The van der Waals surface area contributed by atoms with E-state index in [0.29, 0.717) is 29.6 Å². The van der Waals surface area contributed by atoms with Crippen LogP contribution >= 0.6 is 11.8 Å². The van der Waals surface area contributed by atoms with Gasteiger partial charge in [-0.25, -0.2) is 4.39 Å². The summed E-state index contributed by atoms with van der Waals surface area (Å²) in [6.07, 6.45) is 0.0807. The molecule has 3 rings (SSSR count). The van der Waals surface area contributed by atoms with Crippen LogP contribution in [0, 0.1) is 5.82 Å². The summed E-state index contributed by atoms with van der Waals surface area (Å²) in [5.41, 5.74) is 5.40. The number of halogens is 1. The van der Waals surface area contributed by atoms with Gasteiger partial charge in [0.2, 0.25) is 11.8 Å². The average molecular weight is 376 g/mol. The Morgan fingerprint density at radius 1 is 1.00 bits per heavy atom. The first kappa shape index (κ1) is 18.1. The van der Waals surface area contributed by atoms with Gasteiger partial charge in [0.05, 0.1) is 12.2 Å². The normalized spacial score (nSPS) is 12.3. The maximum absolute atomic E-state index is 13.5. The van der Waals surface area contributed by atoms with Crippen LogP contribution in [0.2, 0.25) is 0 Å². The predicted octanol–water partition coefficient (Wildman–Crippen LogP) is 2.08. The molecule has 0 bridgehead atoms. The Morgan fingerprint density at radius 3 is 2.54 bits per heavy atom. The van der Waals surface area contributed by atoms with Crippen molar-refractivity contribution in [3.05, 3.63) is 53.8 Å². The van der Waals surface area contributed by atoms with Gasteiger partial charge in [-0.3, -0.25) is 20.4 Å². The Kier molecular flexibility index (Phi) is 5.96. The van der Waals surface area contributed by atoms with Gasteiger partial charge in [0.25, 0.3) is 0 Å². The van der Waals surface area contributed by atoms with E-state index in [1.165, 1.54) is 6.07 Å². The van der Waals surface area contributed by atoms with E-state index < -0.39 is 5.91 Å². The summed E-state index contributed by atoms with van der Waals surface area (Å²) in [7, 11) is 0. The monoisotopic (exact) mass is 376 g/mol. The highest BCUT2D eigenvalue weighted by Crippen LogP contribution is 2.30. The van der Waals surface area contributed by atoms with Crippen LogP contribution in [-0.4, -0.2) is 30.8 Å². The minimum absolute atomic E-state index is 0.00869. The number of carbonyl (C=O) groups is 2. The second-order valence-corrected chi connectivity index (χ2v) is 6.49. The third kappa shape index (κ3) is 4.89. The first-order valence-electron chi connectivity index (χ1n) is 7.95. The first-order chi connectivity index (χ1) is 12.6. The maximum Gasteiger partial charge on any atom is 0.248 e. The van der Waals surface area contributed by atoms with Crippen molar-refractivity contribution >= 4 is 23.6 Å². The van der Waals surface area contributed by atoms with Crippen molar-refractivity contribution in [2.75, 3.05) is 19.0 Å². The number of hydrogen-bond donors (Lipinski definition) is 2. The molecule has 0 aliphatic carbocycles. The number of carbonyl (C=O) groups excluding carboxylic acids is 2. The van der Waals surface area contributed by atoms with Crippen LogP contribution in [0.15, 0.2) is 47.4 Å². The van der Waals surface area contributed by atoms with Gasteiger partial charge in [-0.15, -0.1) is 11.8 Å². The second-order valence-electron chi connectivity index (χ2n) is 5.47. The van der Waals surface area contributed by atoms with E-state index >= 15 is 0 Å². The van der Waals surface area contributed by atoms with Gasteiger partial charge >= 0.3 is 0 Å². The zero-order valence-electron chi connectivity index (χ0n) is 13.8. The summed E-state index contributed by atoms with van der Waals surface area (Å²) < 4.78 is 24.4. The van der Waals surface area contributed by atoms with Gasteiger partial charge in [0.15, 0.2) is 11.5 Å². The molecule has 6 nitrogen and oxygen atoms in total. The molecule has 0 atom stereocenters. The third-order valence-electron chi connectivity index (χ3n) is 3.51. The fraction of sp³-hybridized carbons (Fsp3) is 0.222. The summed E-state index contributed by atoms with van der Waals surface area (Å²) in [6.45, 7) is 0.974. The molecule has 26 heavy (non-hydrogen) atoms. The number of thioether (sulfide) groups is 1. The minimum Gasteiger partial charge on any atom is -0.486 e. The van der Waals surface area contributed by atoms with Crippen LogP contribution in [0.1, 0.15) is 5.56 Å². The lowest BCUT2D eigenvalue weighted by atomic mass is 10.1. The highest BCUT2D eigenvalue weighted by atomic mass is 32.2. The number of rotatable bonds is 5. The van der Waals surface area contributed by atoms with Gasteiger partial charge < -0.3 is 9.47 Å². The molecule has 8 heteroatoms. The highest BCUT2D eigenvalue weighted by molar-refractivity contribution is 8.00. The summed E-state index contributed by atoms with van der Waals surface area (Å²) in [5.74, 6) is 0.0732. The Hall–Kier alpha value is -2.74. The summed E-state index contributed by atoms with van der Waals surface area (Å²) >= 11 is 1.06. The summed E-state index contributed by atoms with van der Waals surface area (Å²) in [4.78, 5) is 24.1. The number of amides is 2. The van der Waals surface area contributed by atoms with E-state index in [4.69, 9.17) is 9.47 Å². The Balaban J connectivity index is 1.43. The number of nitrogens with one attached hydrogen (secondary N) is 2. The van der Waals surface area contributed by atoms with Gasteiger partial charge in [-0.05, 0) is 29.8 Å². The molecule has 0 radical (unpaired) electrons. The zero-order valence-corrected chi connectivity index (χ0v) is 14.6. The quantitative estimate of drug-likeness (QED) is 0.617. The fourth-order valence-electron chi connectivity index (χ4n) is 2.31. The van der Waals surface area contributed by atoms with Crippen molar-refractivity contribution in [1.82, 2.24) is 10.9 Å². The fourth-order valence-corrected chi connectivity index (χ4v) is 3.05. The largest absolute Gasteiger partial charge is 0.486 e. The van der Waals surface area contributed by atoms with E-state index in [2.05, 4.69) is 10.9 Å². The molecule has 0 fully saturated rings. The predicted molar refractivity (Wildman–Crippen MR) is 94.5 cm³/mol. The summed E-state index contributed by atoms with van der Waals surface area (Å²) in [5, 5.41) is 0. The van der Waals surface area contributed by atoms with Crippen molar-refractivity contribution in [3.8, 4) is 11.5 Å². The van der Waals surface area contributed by atoms with E-state index in [-0.39, 0.29) is 23.9 Å². The average Bonchev–Trinajstić information content (AvgIpc) is 2.65. The molecular weight excluding hydrogens is 359 g/mol. The molecular formula is C18H17FN2O4S. The molecule has 1 aliphatic heterocycles. The van der Waals surface area contributed by atoms with E-state index in [1.807, 2.05) is 0 Å². The number of fused-ring (bicyclic) bond motifs is 1. The molecule has 2 N–H and O–H groups in total. The molecule has 0 saturated carbocycles. The van der Waals surface area contributed by atoms with Crippen molar-refractivity contribution in [2.45, 2.75) is 11.3 Å². The minimum atomic E-state index is -0.422. The molecule has 1 aliphatic rings. The standard InChI is InChI=1S/C18H17FN2O4S/c19-13-3-1-2-4-16(13)26-11-18(23)21-20-17(22)10-12-5-6-14-15(9-12)25-8-7-24-14/h1-6,9H,7-8,10-11H2,(H,20,22)(H,21,23). The van der Waals surface area contributed by atoms with Crippen LogP contribution in [0.4, 0.5) is 4.39 Å². The van der Waals surface area contributed by atoms with E-state index in [1.54, 1.807) is 36.4 Å². The molecule has 2 aromatic carbocycles. The molecule has 2 aromatic rings. The van der Waals surface area contributed by atoms with Gasteiger partial charge in [-0.2, -0.15) is 0 Å². The lowest BCUT2D eigenvalue weighted by Crippen LogP contribution is -2.43. The second kappa shape index (κ2) is 8.57.